The second-order valence-corrected chi connectivity index (χ2v) is 8.04. The Labute approximate surface area is 163 Å². The number of nitrogens with zero attached hydrogens (tertiary/aromatic N) is 5. The van der Waals surface area contributed by atoms with Gasteiger partial charge in [-0.2, -0.15) is 18.8 Å². The van der Waals surface area contributed by atoms with Crippen LogP contribution in [0.5, 0.6) is 0 Å². The molecule has 1 N–H and O–H groups in total. The first-order chi connectivity index (χ1) is 11.8. The van der Waals surface area contributed by atoms with Gasteiger partial charge >= 0.3 is 0 Å². The van der Waals surface area contributed by atoms with E-state index in [2.05, 4.69) is 15.0 Å². The van der Waals surface area contributed by atoms with Crippen LogP contribution in [0.2, 0.25) is 0 Å². The van der Waals surface area contributed by atoms with Crippen molar-refractivity contribution in [3.63, 3.8) is 0 Å². The number of hydrogen-bond donors (Lipinski definition) is 1. The van der Waals surface area contributed by atoms with Gasteiger partial charge in [-0.1, -0.05) is 32.5 Å². The standard InChI is InChI=1S/C17H19N5O2S.H2S/c1-17(2,3)15-19-5-11(6-20-15)13-12(4-18)14(24)22-7-10(8-23)9-25-16(22)21-13;/h5-6,10,23H,7-9H2,1-3H3;1H2/t10-;/m0./s1. The summed E-state index contributed by atoms with van der Waals surface area (Å²) in [5, 5.41) is 19.4. The van der Waals surface area contributed by atoms with E-state index in [1.807, 2.05) is 26.8 Å². The smallest absolute Gasteiger partial charge is 0.272 e. The SMILES string of the molecule is CC(C)(C)c1ncc(-c2nc3n(c(=O)c2C#N)C[C@@H](CO)CS3)cn1.S. The molecule has 0 saturated heterocycles. The highest BCUT2D eigenvalue weighted by atomic mass is 32.2. The molecule has 0 aromatic carbocycles. The van der Waals surface area contributed by atoms with E-state index in [0.717, 1.165) is 0 Å². The number of fused-ring (bicyclic) bond motifs is 1. The molecule has 1 atom stereocenters. The second kappa shape index (κ2) is 7.78. The Balaban J connectivity index is 0.00000243. The number of nitriles is 1. The van der Waals surface area contributed by atoms with Crippen molar-refractivity contribution in [1.29, 1.82) is 5.26 Å². The summed E-state index contributed by atoms with van der Waals surface area (Å²) in [5.74, 6) is 1.36. The third kappa shape index (κ3) is 3.77. The topological polar surface area (TPSA) is 105 Å². The van der Waals surface area contributed by atoms with Crippen LogP contribution in [0.4, 0.5) is 0 Å². The van der Waals surface area contributed by atoms with Crippen molar-refractivity contribution < 1.29 is 5.11 Å². The Morgan fingerprint density at radius 3 is 2.58 bits per heavy atom. The van der Waals surface area contributed by atoms with Crippen molar-refractivity contribution in [3.05, 3.63) is 34.1 Å². The minimum atomic E-state index is -0.381. The van der Waals surface area contributed by atoms with Gasteiger partial charge in [0.25, 0.3) is 5.56 Å². The average Bonchev–Trinajstić information content (AvgIpc) is 2.60. The highest BCUT2D eigenvalue weighted by molar-refractivity contribution is 7.99. The van der Waals surface area contributed by atoms with E-state index in [-0.39, 0.29) is 42.6 Å². The minimum absolute atomic E-state index is 0. The van der Waals surface area contributed by atoms with Crippen LogP contribution in [0.15, 0.2) is 22.3 Å². The minimum Gasteiger partial charge on any atom is -0.396 e. The van der Waals surface area contributed by atoms with Gasteiger partial charge in [-0.3, -0.25) is 9.36 Å². The molecule has 1 aliphatic rings. The summed E-state index contributed by atoms with van der Waals surface area (Å²) < 4.78 is 1.47. The first-order valence-corrected chi connectivity index (χ1v) is 8.95. The van der Waals surface area contributed by atoms with E-state index in [1.54, 1.807) is 12.4 Å². The summed E-state index contributed by atoms with van der Waals surface area (Å²) in [4.78, 5) is 25.9. The maximum absolute atomic E-state index is 12.7. The number of aliphatic hydroxyl groups excluding tert-OH is 1. The van der Waals surface area contributed by atoms with Gasteiger partial charge in [0.1, 0.15) is 17.5 Å². The highest BCUT2D eigenvalue weighted by Crippen LogP contribution is 2.28. The summed E-state index contributed by atoms with van der Waals surface area (Å²) in [6.07, 6.45) is 3.22. The molecule has 7 nitrogen and oxygen atoms in total. The number of rotatable bonds is 2. The zero-order valence-electron chi connectivity index (χ0n) is 14.9. The summed E-state index contributed by atoms with van der Waals surface area (Å²) in [6, 6.07) is 1.97. The summed E-state index contributed by atoms with van der Waals surface area (Å²) in [6.45, 7) is 6.42. The largest absolute Gasteiger partial charge is 0.396 e. The highest BCUT2D eigenvalue weighted by Gasteiger charge is 2.25. The van der Waals surface area contributed by atoms with Crippen molar-refractivity contribution in [2.24, 2.45) is 5.92 Å². The Hall–Kier alpha value is -1.89. The van der Waals surface area contributed by atoms with Crippen LogP contribution < -0.4 is 5.56 Å². The monoisotopic (exact) mass is 391 g/mol. The molecule has 0 radical (unpaired) electrons. The molecule has 0 spiro atoms. The molecular weight excluding hydrogens is 370 g/mol. The van der Waals surface area contributed by atoms with Crippen molar-refractivity contribution >= 4 is 25.3 Å². The van der Waals surface area contributed by atoms with Crippen LogP contribution in [0, 0.1) is 17.2 Å². The average molecular weight is 392 g/mol. The van der Waals surface area contributed by atoms with Gasteiger partial charge in [0, 0.05) is 48.2 Å². The van der Waals surface area contributed by atoms with E-state index in [4.69, 9.17) is 0 Å². The number of thioether (sulfide) groups is 1. The lowest BCUT2D eigenvalue weighted by Gasteiger charge is -2.24. The van der Waals surface area contributed by atoms with Crippen molar-refractivity contribution in [1.82, 2.24) is 19.5 Å². The first-order valence-electron chi connectivity index (χ1n) is 7.96. The van der Waals surface area contributed by atoms with Gasteiger partial charge in [0.15, 0.2) is 5.16 Å². The third-order valence-electron chi connectivity index (χ3n) is 3.99. The number of aliphatic hydroxyl groups is 1. The van der Waals surface area contributed by atoms with Crippen LogP contribution >= 0.6 is 25.3 Å². The molecule has 1 aliphatic heterocycles. The normalized spacial score (nSPS) is 16.3. The Bertz CT molecular complexity index is 898. The maximum Gasteiger partial charge on any atom is 0.272 e. The molecule has 3 heterocycles. The maximum atomic E-state index is 12.7. The van der Waals surface area contributed by atoms with Gasteiger partial charge < -0.3 is 5.11 Å². The molecule has 0 saturated carbocycles. The predicted molar refractivity (Wildman–Crippen MR) is 105 cm³/mol. The van der Waals surface area contributed by atoms with E-state index < -0.39 is 0 Å². The van der Waals surface area contributed by atoms with Crippen LogP contribution in [0.25, 0.3) is 11.3 Å². The molecule has 3 rings (SSSR count). The Kier molecular flexibility index (Phi) is 6.11. The van der Waals surface area contributed by atoms with E-state index in [1.165, 1.54) is 16.3 Å². The van der Waals surface area contributed by atoms with Crippen LogP contribution in [-0.4, -0.2) is 37.0 Å². The molecule has 138 valence electrons. The van der Waals surface area contributed by atoms with E-state index >= 15 is 0 Å². The molecule has 2 aromatic rings. The van der Waals surface area contributed by atoms with Gasteiger partial charge in [0.2, 0.25) is 0 Å². The van der Waals surface area contributed by atoms with Crippen molar-refractivity contribution in [2.75, 3.05) is 12.4 Å². The quantitative estimate of drug-likeness (QED) is 0.777. The molecule has 2 aromatic heterocycles. The fourth-order valence-electron chi connectivity index (χ4n) is 2.57. The van der Waals surface area contributed by atoms with Gasteiger partial charge in [0.05, 0.1) is 5.69 Å². The van der Waals surface area contributed by atoms with Gasteiger partial charge in [-0.15, -0.1) is 0 Å². The summed E-state index contributed by atoms with van der Waals surface area (Å²) in [7, 11) is 0. The zero-order chi connectivity index (χ0) is 18.2. The van der Waals surface area contributed by atoms with E-state index in [0.29, 0.717) is 34.5 Å². The predicted octanol–water partition coefficient (Wildman–Crippen LogP) is 1.70. The van der Waals surface area contributed by atoms with Crippen LogP contribution in [0.3, 0.4) is 0 Å². The second-order valence-electron chi connectivity index (χ2n) is 7.05. The summed E-state index contributed by atoms with van der Waals surface area (Å²) >= 11 is 1.41. The fraction of sp³-hybridized carbons (Fsp3) is 0.471. The molecule has 0 fully saturated rings. The zero-order valence-corrected chi connectivity index (χ0v) is 16.7. The lowest BCUT2D eigenvalue weighted by molar-refractivity contribution is 0.217. The van der Waals surface area contributed by atoms with E-state index in [9.17, 15) is 15.2 Å². The molecular formula is C17H21N5O2S2. The molecule has 0 unspecified atom stereocenters. The first kappa shape index (κ1) is 20.4. The van der Waals surface area contributed by atoms with Crippen molar-refractivity contribution in [3.8, 4) is 17.3 Å². The molecule has 26 heavy (non-hydrogen) atoms. The molecule has 0 amide bonds. The Morgan fingerprint density at radius 2 is 2.04 bits per heavy atom. The molecule has 0 bridgehead atoms. The van der Waals surface area contributed by atoms with Gasteiger partial charge in [-0.05, 0) is 0 Å². The van der Waals surface area contributed by atoms with Crippen LogP contribution in [-0.2, 0) is 12.0 Å². The fourth-order valence-corrected chi connectivity index (χ4v) is 3.63. The lowest BCUT2D eigenvalue weighted by Crippen LogP contribution is -2.34. The summed E-state index contributed by atoms with van der Waals surface area (Å²) in [5.41, 5.74) is 0.279. The lowest BCUT2D eigenvalue weighted by atomic mass is 9.95. The van der Waals surface area contributed by atoms with Crippen LogP contribution in [0.1, 0.15) is 32.2 Å². The number of aromatic nitrogens is 4. The number of hydrogen-bond acceptors (Lipinski definition) is 7. The molecule has 9 heteroatoms. The van der Waals surface area contributed by atoms with Gasteiger partial charge in [-0.25, -0.2) is 15.0 Å². The Morgan fingerprint density at radius 1 is 1.38 bits per heavy atom. The third-order valence-corrected chi connectivity index (χ3v) is 5.20. The molecule has 0 aliphatic carbocycles. The van der Waals surface area contributed by atoms with Crippen molar-refractivity contribution in [2.45, 2.75) is 37.9 Å².